The number of amides is 1. The summed E-state index contributed by atoms with van der Waals surface area (Å²) in [7, 11) is 0. The summed E-state index contributed by atoms with van der Waals surface area (Å²) in [6, 6.07) is 0. The van der Waals surface area contributed by atoms with Crippen molar-refractivity contribution in [3.8, 4) is 0 Å². The van der Waals surface area contributed by atoms with Crippen LogP contribution in [0.25, 0.3) is 0 Å². The first-order valence-corrected chi connectivity index (χ1v) is 5.65. The van der Waals surface area contributed by atoms with Gasteiger partial charge in [-0.25, -0.2) is 0 Å². The average Bonchev–Trinajstić information content (AvgIpc) is 2.10. The number of hydrogen-bond acceptors (Lipinski definition) is 2. The molecule has 0 aromatic carbocycles. The molecule has 4 heteroatoms. The lowest BCUT2D eigenvalue weighted by Crippen LogP contribution is -2.51. The molecule has 1 rings (SSSR count). The van der Waals surface area contributed by atoms with Gasteiger partial charge in [0, 0.05) is 6.54 Å². The first kappa shape index (κ1) is 12.0. The van der Waals surface area contributed by atoms with E-state index in [1.54, 1.807) is 0 Å². The molecule has 1 aliphatic rings. The third-order valence-corrected chi connectivity index (χ3v) is 3.12. The minimum Gasteiger partial charge on any atom is -0.480 e. The van der Waals surface area contributed by atoms with Crippen molar-refractivity contribution >= 4 is 11.9 Å². The molecule has 0 aromatic heterocycles. The molecular formula is C11H19NO3. The zero-order valence-electron chi connectivity index (χ0n) is 9.21. The van der Waals surface area contributed by atoms with Crippen LogP contribution in [0.1, 0.15) is 45.4 Å². The molecule has 0 atom stereocenters. The Morgan fingerprint density at radius 3 is 2.40 bits per heavy atom. The molecule has 0 bridgehead atoms. The molecule has 0 heterocycles. The van der Waals surface area contributed by atoms with Gasteiger partial charge in [0.25, 0.3) is 0 Å². The molecule has 86 valence electrons. The van der Waals surface area contributed by atoms with Crippen molar-refractivity contribution in [3.05, 3.63) is 0 Å². The van der Waals surface area contributed by atoms with Crippen molar-refractivity contribution in [1.29, 1.82) is 0 Å². The highest BCUT2D eigenvalue weighted by Crippen LogP contribution is 2.41. The van der Waals surface area contributed by atoms with Gasteiger partial charge in [0.05, 0.1) is 0 Å². The van der Waals surface area contributed by atoms with Gasteiger partial charge in [0.1, 0.15) is 5.41 Å². The summed E-state index contributed by atoms with van der Waals surface area (Å²) >= 11 is 0. The van der Waals surface area contributed by atoms with Crippen molar-refractivity contribution in [2.45, 2.75) is 45.4 Å². The fraction of sp³-hybridized carbons (Fsp3) is 0.818. The standard InChI is InChI=1S/C11H19NO3/c1-2-3-4-8-12-9(13)11(10(14)15)6-5-7-11/h2-8H2,1H3,(H,12,13)(H,14,15). The Bertz CT molecular complexity index is 246. The monoisotopic (exact) mass is 213 g/mol. The van der Waals surface area contributed by atoms with Crippen LogP contribution in [0.4, 0.5) is 0 Å². The SMILES string of the molecule is CCCCCNC(=O)C1(C(=O)O)CCC1. The number of carbonyl (C=O) groups excluding carboxylic acids is 1. The highest BCUT2D eigenvalue weighted by atomic mass is 16.4. The van der Waals surface area contributed by atoms with Crippen molar-refractivity contribution < 1.29 is 14.7 Å². The first-order chi connectivity index (χ1) is 7.13. The lowest BCUT2D eigenvalue weighted by molar-refractivity contribution is -0.162. The molecule has 4 nitrogen and oxygen atoms in total. The van der Waals surface area contributed by atoms with Crippen LogP contribution < -0.4 is 5.32 Å². The third-order valence-electron chi connectivity index (χ3n) is 3.12. The quantitative estimate of drug-likeness (QED) is 0.519. The van der Waals surface area contributed by atoms with Crippen LogP contribution in [0.15, 0.2) is 0 Å². The van der Waals surface area contributed by atoms with E-state index < -0.39 is 11.4 Å². The van der Waals surface area contributed by atoms with Crippen LogP contribution >= 0.6 is 0 Å². The zero-order valence-corrected chi connectivity index (χ0v) is 9.21. The summed E-state index contributed by atoms with van der Waals surface area (Å²) < 4.78 is 0. The summed E-state index contributed by atoms with van der Waals surface area (Å²) in [5.74, 6) is -1.26. The van der Waals surface area contributed by atoms with Crippen molar-refractivity contribution in [1.82, 2.24) is 5.32 Å². The fourth-order valence-corrected chi connectivity index (χ4v) is 1.81. The molecule has 0 aliphatic heterocycles. The predicted molar refractivity (Wildman–Crippen MR) is 56.5 cm³/mol. The van der Waals surface area contributed by atoms with Crippen molar-refractivity contribution in [2.24, 2.45) is 5.41 Å². The molecule has 1 aliphatic carbocycles. The summed E-state index contributed by atoms with van der Waals surface area (Å²) in [4.78, 5) is 22.6. The van der Waals surface area contributed by atoms with E-state index >= 15 is 0 Å². The van der Waals surface area contributed by atoms with Gasteiger partial charge in [-0.05, 0) is 19.3 Å². The van der Waals surface area contributed by atoms with Gasteiger partial charge in [0.2, 0.25) is 5.91 Å². The zero-order chi connectivity index (χ0) is 11.3. The average molecular weight is 213 g/mol. The van der Waals surface area contributed by atoms with Gasteiger partial charge < -0.3 is 10.4 Å². The number of carboxylic acid groups (broad SMARTS) is 1. The number of aliphatic carboxylic acids is 1. The normalized spacial score (nSPS) is 17.9. The molecule has 0 saturated heterocycles. The van der Waals surface area contributed by atoms with Crippen molar-refractivity contribution in [2.75, 3.05) is 6.54 Å². The largest absolute Gasteiger partial charge is 0.480 e. The number of carboxylic acids is 1. The van der Waals surface area contributed by atoms with E-state index in [0.717, 1.165) is 25.7 Å². The van der Waals surface area contributed by atoms with E-state index in [0.29, 0.717) is 19.4 Å². The molecule has 2 N–H and O–H groups in total. The molecule has 0 aromatic rings. The molecule has 15 heavy (non-hydrogen) atoms. The highest BCUT2D eigenvalue weighted by molar-refractivity contribution is 6.02. The number of carbonyl (C=O) groups is 2. The number of nitrogens with one attached hydrogen (secondary N) is 1. The van der Waals surface area contributed by atoms with Gasteiger partial charge >= 0.3 is 5.97 Å². The topological polar surface area (TPSA) is 66.4 Å². The lowest BCUT2D eigenvalue weighted by Gasteiger charge is -2.35. The Kier molecular flexibility index (Phi) is 4.12. The maximum atomic E-state index is 11.7. The Morgan fingerprint density at radius 2 is 2.00 bits per heavy atom. The number of hydrogen-bond donors (Lipinski definition) is 2. The van der Waals surface area contributed by atoms with Gasteiger partial charge in [-0.1, -0.05) is 26.2 Å². The van der Waals surface area contributed by atoms with E-state index in [9.17, 15) is 9.59 Å². The van der Waals surface area contributed by atoms with Crippen molar-refractivity contribution in [3.63, 3.8) is 0 Å². The van der Waals surface area contributed by atoms with Gasteiger partial charge in [0.15, 0.2) is 0 Å². The van der Waals surface area contributed by atoms with Gasteiger partial charge in [-0.3, -0.25) is 9.59 Å². The Hall–Kier alpha value is -1.06. The molecule has 0 unspecified atom stereocenters. The maximum absolute atomic E-state index is 11.7. The van der Waals surface area contributed by atoms with E-state index in [1.807, 2.05) is 0 Å². The molecular weight excluding hydrogens is 194 g/mol. The van der Waals surface area contributed by atoms with Crippen LogP contribution in [0.2, 0.25) is 0 Å². The minimum atomic E-state index is -1.10. The fourth-order valence-electron chi connectivity index (χ4n) is 1.81. The molecule has 0 spiro atoms. The summed E-state index contributed by atoms with van der Waals surface area (Å²) in [5.41, 5.74) is -1.10. The predicted octanol–water partition coefficient (Wildman–Crippen LogP) is 1.55. The van der Waals surface area contributed by atoms with E-state index in [2.05, 4.69) is 12.2 Å². The Balaban J connectivity index is 2.35. The van der Waals surface area contributed by atoms with E-state index in [4.69, 9.17) is 5.11 Å². The Labute approximate surface area is 90.0 Å². The van der Waals surface area contributed by atoms with Gasteiger partial charge in [-0.15, -0.1) is 0 Å². The number of unbranched alkanes of at least 4 members (excludes halogenated alkanes) is 2. The Morgan fingerprint density at radius 1 is 1.33 bits per heavy atom. The summed E-state index contributed by atoms with van der Waals surface area (Å²) in [6.07, 6.45) is 4.91. The molecule has 0 radical (unpaired) electrons. The number of rotatable bonds is 6. The van der Waals surface area contributed by atoms with E-state index in [1.165, 1.54) is 0 Å². The van der Waals surface area contributed by atoms with E-state index in [-0.39, 0.29) is 5.91 Å². The smallest absolute Gasteiger partial charge is 0.319 e. The van der Waals surface area contributed by atoms with Gasteiger partial charge in [-0.2, -0.15) is 0 Å². The van der Waals surface area contributed by atoms with Crippen LogP contribution in [0.3, 0.4) is 0 Å². The second-order valence-electron chi connectivity index (χ2n) is 4.20. The molecule has 1 amide bonds. The highest BCUT2D eigenvalue weighted by Gasteiger charge is 2.50. The molecule has 1 fully saturated rings. The third kappa shape index (κ3) is 2.49. The second kappa shape index (κ2) is 5.14. The van der Waals surface area contributed by atoms with Crippen LogP contribution in [-0.4, -0.2) is 23.5 Å². The van der Waals surface area contributed by atoms with Crippen LogP contribution in [0.5, 0.6) is 0 Å². The molecule has 1 saturated carbocycles. The van der Waals surface area contributed by atoms with Crippen LogP contribution in [0, 0.1) is 5.41 Å². The lowest BCUT2D eigenvalue weighted by atomic mass is 9.68. The second-order valence-corrected chi connectivity index (χ2v) is 4.20. The summed E-state index contributed by atoms with van der Waals surface area (Å²) in [6.45, 7) is 2.69. The summed E-state index contributed by atoms with van der Waals surface area (Å²) in [5, 5.41) is 11.7. The first-order valence-electron chi connectivity index (χ1n) is 5.65. The van der Waals surface area contributed by atoms with Crippen LogP contribution in [-0.2, 0) is 9.59 Å². The maximum Gasteiger partial charge on any atom is 0.319 e. The minimum absolute atomic E-state index is 0.294.